The highest BCUT2D eigenvalue weighted by molar-refractivity contribution is 5.87. The van der Waals surface area contributed by atoms with E-state index in [4.69, 9.17) is 9.47 Å². The molecule has 0 aliphatic carbocycles. The minimum Gasteiger partial charge on any atom is -0.430 e. The lowest BCUT2D eigenvalue weighted by Crippen LogP contribution is -2.32. The Kier molecular flexibility index (Phi) is 4.85. The SMILES string of the molecule is C=C(C)C(=O)OC(C)(C)OCC(C)C. The molecule has 0 fully saturated rings. The topological polar surface area (TPSA) is 35.5 Å². The molecular formula is C11H20O3. The molecule has 0 spiro atoms. The third-order valence-electron chi connectivity index (χ3n) is 1.45. The van der Waals surface area contributed by atoms with Crippen molar-refractivity contribution in [2.45, 2.75) is 40.4 Å². The minimum atomic E-state index is -0.875. The highest BCUT2D eigenvalue weighted by Crippen LogP contribution is 2.14. The lowest BCUT2D eigenvalue weighted by molar-refractivity contribution is -0.215. The second-order valence-electron chi connectivity index (χ2n) is 4.27. The van der Waals surface area contributed by atoms with Crippen LogP contribution in [0.5, 0.6) is 0 Å². The van der Waals surface area contributed by atoms with Crippen molar-refractivity contribution in [2.24, 2.45) is 5.92 Å². The van der Waals surface area contributed by atoms with E-state index in [1.54, 1.807) is 20.8 Å². The van der Waals surface area contributed by atoms with Crippen LogP contribution >= 0.6 is 0 Å². The van der Waals surface area contributed by atoms with E-state index in [9.17, 15) is 4.79 Å². The quantitative estimate of drug-likeness (QED) is 0.388. The van der Waals surface area contributed by atoms with Gasteiger partial charge < -0.3 is 9.47 Å². The monoisotopic (exact) mass is 200 g/mol. The van der Waals surface area contributed by atoms with Crippen LogP contribution in [0.3, 0.4) is 0 Å². The van der Waals surface area contributed by atoms with Crippen LogP contribution in [-0.2, 0) is 14.3 Å². The third-order valence-corrected chi connectivity index (χ3v) is 1.45. The largest absolute Gasteiger partial charge is 0.430 e. The van der Waals surface area contributed by atoms with Crippen molar-refractivity contribution in [2.75, 3.05) is 6.61 Å². The standard InChI is InChI=1S/C11H20O3/c1-8(2)7-13-11(5,6)14-10(12)9(3)4/h8H,3,7H2,1-2,4-6H3. The summed E-state index contributed by atoms with van der Waals surface area (Å²) in [6.45, 7) is 13.2. The lowest BCUT2D eigenvalue weighted by Gasteiger charge is -2.26. The van der Waals surface area contributed by atoms with Gasteiger partial charge in [0.25, 0.3) is 0 Å². The van der Waals surface area contributed by atoms with Crippen LogP contribution in [0.15, 0.2) is 12.2 Å². The van der Waals surface area contributed by atoms with Gasteiger partial charge in [0.1, 0.15) is 0 Å². The molecule has 82 valence electrons. The highest BCUT2D eigenvalue weighted by Gasteiger charge is 2.23. The van der Waals surface area contributed by atoms with Crippen molar-refractivity contribution in [1.29, 1.82) is 0 Å². The number of carbonyl (C=O) groups is 1. The Balaban J connectivity index is 4.06. The summed E-state index contributed by atoms with van der Waals surface area (Å²) in [7, 11) is 0. The molecule has 0 rings (SSSR count). The predicted octanol–water partition coefficient (Wildman–Crippen LogP) is 2.51. The molecule has 0 bridgehead atoms. The van der Waals surface area contributed by atoms with E-state index in [-0.39, 0.29) is 0 Å². The summed E-state index contributed by atoms with van der Waals surface area (Å²) in [5, 5.41) is 0. The molecule has 3 nitrogen and oxygen atoms in total. The summed E-state index contributed by atoms with van der Waals surface area (Å²) in [6.07, 6.45) is 0. The van der Waals surface area contributed by atoms with Crippen molar-refractivity contribution in [3.8, 4) is 0 Å². The molecule has 0 saturated carbocycles. The minimum absolute atomic E-state index is 0.381. The van der Waals surface area contributed by atoms with Crippen molar-refractivity contribution in [3.05, 3.63) is 12.2 Å². The van der Waals surface area contributed by atoms with E-state index in [1.165, 1.54) is 0 Å². The average molecular weight is 200 g/mol. The van der Waals surface area contributed by atoms with Gasteiger partial charge in [-0.05, 0) is 12.8 Å². The van der Waals surface area contributed by atoms with Crippen LogP contribution in [0.4, 0.5) is 0 Å². The van der Waals surface area contributed by atoms with Crippen LogP contribution in [0.25, 0.3) is 0 Å². The predicted molar refractivity (Wildman–Crippen MR) is 55.8 cm³/mol. The van der Waals surface area contributed by atoms with Crippen LogP contribution in [-0.4, -0.2) is 18.4 Å². The molecule has 3 heteroatoms. The zero-order chi connectivity index (χ0) is 11.4. The molecule has 0 unspecified atom stereocenters. The molecule has 0 amide bonds. The summed E-state index contributed by atoms with van der Waals surface area (Å²) in [6, 6.07) is 0. The molecular weight excluding hydrogens is 180 g/mol. The van der Waals surface area contributed by atoms with Crippen molar-refractivity contribution in [1.82, 2.24) is 0 Å². The van der Waals surface area contributed by atoms with E-state index >= 15 is 0 Å². The van der Waals surface area contributed by atoms with Gasteiger partial charge in [0.15, 0.2) is 0 Å². The number of hydrogen-bond acceptors (Lipinski definition) is 3. The van der Waals surface area contributed by atoms with Crippen LogP contribution in [0.1, 0.15) is 34.6 Å². The van der Waals surface area contributed by atoms with Gasteiger partial charge in [0.05, 0.1) is 6.61 Å². The first-order chi connectivity index (χ1) is 6.24. The Bertz CT molecular complexity index is 217. The molecule has 0 aromatic heterocycles. The van der Waals surface area contributed by atoms with Gasteiger partial charge >= 0.3 is 5.97 Å². The molecule has 0 N–H and O–H groups in total. The number of esters is 1. The fourth-order valence-electron chi connectivity index (χ4n) is 0.707. The summed E-state index contributed by atoms with van der Waals surface area (Å²) in [5.41, 5.74) is 0.381. The molecule has 0 saturated heterocycles. The normalized spacial score (nSPS) is 11.6. The van der Waals surface area contributed by atoms with Crippen molar-refractivity contribution < 1.29 is 14.3 Å². The molecule has 14 heavy (non-hydrogen) atoms. The Morgan fingerprint density at radius 3 is 2.29 bits per heavy atom. The van der Waals surface area contributed by atoms with Crippen molar-refractivity contribution in [3.63, 3.8) is 0 Å². The van der Waals surface area contributed by atoms with Gasteiger partial charge in [0, 0.05) is 19.4 Å². The van der Waals surface area contributed by atoms with Crippen molar-refractivity contribution >= 4 is 5.97 Å². The maximum atomic E-state index is 11.2. The maximum Gasteiger partial charge on any atom is 0.335 e. The molecule has 0 aromatic rings. The number of ether oxygens (including phenoxy) is 2. The number of rotatable bonds is 5. The molecule has 0 aromatic carbocycles. The van der Waals surface area contributed by atoms with Crippen LogP contribution in [0, 0.1) is 5.92 Å². The smallest absolute Gasteiger partial charge is 0.335 e. The van der Waals surface area contributed by atoms with E-state index in [2.05, 4.69) is 6.58 Å². The lowest BCUT2D eigenvalue weighted by atomic mass is 10.2. The third kappa shape index (κ3) is 5.75. The van der Waals surface area contributed by atoms with E-state index < -0.39 is 11.8 Å². The number of hydrogen-bond donors (Lipinski definition) is 0. The summed E-state index contributed by atoms with van der Waals surface area (Å²) in [4.78, 5) is 11.2. The Morgan fingerprint density at radius 1 is 1.43 bits per heavy atom. The highest BCUT2D eigenvalue weighted by atomic mass is 16.7. The summed E-state index contributed by atoms with van der Waals surface area (Å²) >= 11 is 0. The average Bonchev–Trinajstić information content (AvgIpc) is 2.00. The van der Waals surface area contributed by atoms with E-state index in [0.29, 0.717) is 18.1 Å². The Hall–Kier alpha value is -0.830. The first-order valence-corrected chi connectivity index (χ1v) is 4.77. The van der Waals surface area contributed by atoms with Crippen LogP contribution in [0.2, 0.25) is 0 Å². The van der Waals surface area contributed by atoms with E-state index in [0.717, 1.165) is 0 Å². The van der Waals surface area contributed by atoms with Gasteiger partial charge in [-0.3, -0.25) is 0 Å². The first-order valence-electron chi connectivity index (χ1n) is 4.77. The molecule has 0 aliphatic heterocycles. The zero-order valence-corrected chi connectivity index (χ0v) is 9.72. The van der Waals surface area contributed by atoms with Crippen LogP contribution < -0.4 is 0 Å². The second-order valence-corrected chi connectivity index (χ2v) is 4.27. The molecule has 0 heterocycles. The number of carbonyl (C=O) groups excluding carboxylic acids is 1. The Labute approximate surface area is 86.1 Å². The summed E-state index contributed by atoms with van der Waals surface area (Å²) in [5.74, 6) is -0.878. The van der Waals surface area contributed by atoms with Gasteiger partial charge in [-0.25, -0.2) is 4.79 Å². The van der Waals surface area contributed by atoms with E-state index in [1.807, 2.05) is 13.8 Å². The maximum absolute atomic E-state index is 11.2. The van der Waals surface area contributed by atoms with Gasteiger partial charge in [-0.1, -0.05) is 20.4 Å². The Morgan fingerprint density at radius 2 is 1.93 bits per heavy atom. The molecule has 0 aliphatic rings. The second kappa shape index (κ2) is 5.15. The molecule has 0 atom stereocenters. The fourth-order valence-corrected chi connectivity index (χ4v) is 0.707. The summed E-state index contributed by atoms with van der Waals surface area (Å²) < 4.78 is 10.5. The fraction of sp³-hybridized carbons (Fsp3) is 0.727. The van der Waals surface area contributed by atoms with Gasteiger partial charge in [-0.2, -0.15) is 0 Å². The first kappa shape index (κ1) is 13.2. The van der Waals surface area contributed by atoms with Gasteiger partial charge in [0.2, 0.25) is 5.79 Å². The van der Waals surface area contributed by atoms with Gasteiger partial charge in [-0.15, -0.1) is 0 Å². The zero-order valence-electron chi connectivity index (χ0n) is 9.72. The molecule has 0 radical (unpaired) electrons.